The fraction of sp³-hybridized carbons (Fsp3) is 0.438. The van der Waals surface area contributed by atoms with Crippen LogP contribution < -0.4 is 5.56 Å². The largest absolute Gasteiger partial charge is 0.505 e. The topological polar surface area (TPSA) is 145 Å². The number of hydrogen-bond acceptors (Lipinski definition) is 9. The van der Waals surface area contributed by atoms with Crippen molar-refractivity contribution in [3.63, 3.8) is 0 Å². The SMILES string of the molecule is Cc1c(CN(C)C)c(O)n(-c2ccc(C(C)(C)C)cc2)c(=O)c1N=Nc1cccc(C2CCCC(c3nn[nH]n3)C2)c1O. The van der Waals surface area contributed by atoms with Crippen LogP contribution in [-0.2, 0) is 12.0 Å². The maximum Gasteiger partial charge on any atom is 0.285 e. The first-order chi connectivity index (χ1) is 20.5. The number of nitrogens with zero attached hydrogens (tertiary/aromatic N) is 7. The number of para-hydroxylation sites is 1. The Morgan fingerprint density at radius 2 is 1.77 bits per heavy atom. The van der Waals surface area contributed by atoms with Crippen LogP contribution in [0.15, 0.2) is 57.5 Å². The standard InChI is InChI=1S/C32H40N8O3/c1-19-25(18-39(5)6)30(42)40(23-15-13-22(14-16-23)32(2,3)4)31(43)27(19)34-33-26-12-8-11-24(28(26)41)20-9-7-10-21(17-20)29-35-37-38-36-29/h8,11-16,20-21,41-42H,7,9-10,17-18H2,1-6H3,(H,35,36,37,38). The highest BCUT2D eigenvalue weighted by molar-refractivity contribution is 5.58. The molecule has 0 radical (unpaired) electrons. The van der Waals surface area contributed by atoms with Crippen molar-refractivity contribution >= 4 is 11.4 Å². The molecule has 0 amide bonds. The van der Waals surface area contributed by atoms with E-state index < -0.39 is 5.56 Å². The molecule has 0 aliphatic heterocycles. The molecule has 2 unspecified atom stereocenters. The summed E-state index contributed by atoms with van der Waals surface area (Å²) in [6.45, 7) is 8.52. The van der Waals surface area contributed by atoms with Crippen LogP contribution in [0.5, 0.6) is 11.6 Å². The molecule has 5 rings (SSSR count). The van der Waals surface area contributed by atoms with Gasteiger partial charge in [-0.3, -0.25) is 4.79 Å². The van der Waals surface area contributed by atoms with E-state index in [0.717, 1.165) is 36.8 Å². The van der Waals surface area contributed by atoms with Gasteiger partial charge in [0.15, 0.2) is 11.5 Å². The maximum absolute atomic E-state index is 13.9. The second kappa shape index (κ2) is 12.1. The molecule has 1 aliphatic carbocycles. The lowest BCUT2D eigenvalue weighted by molar-refractivity contribution is 0.370. The van der Waals surface area contributed by atoms with Crippen molar-refractivity contribution in [2.24, 2.45) is 10.2 Å². The van der Waals surface area contributed by atoms with Crippen LogP contribution >= 0.6 is 0 Å². The van der Waals surface area contributed by atoms with Gasteiger partial charge in [0.1, 0.15) is 11.4 Å². The van der Waals surface area contributed by atoms with Crippen molar-refractivity contribution in [2.45, 2.75) is 77.2 Å². The maximum atomic E-state index is 13.9. The number of phenols is 1. The van der Waals surface area contributed by atoms with Gasteiger partial charge < -0.3 is 15.1 Å². The van der Waals surface area contributed by atoms with E-state index in [9.17, 15) is 15.0 Å². The van der Waals surface area contributed by atoms with Crippen LogP contribution in [0.4, 0.5) is 11.4 Å². The second-order valence-electron chi connectivity index (χ2n) is 12.7. The van der Waals surface area contributed by atoms with E-state index in [0.29, 0.717) is 29.2 Å². The number of H-pyrrole nitrogens is 1. The average molecular weight is 585 g/mol. The van der Waals surface area contributed by atoms with Gasteiger partial charge in [0.25, 0.3) is 5.56 Å². The Balaban J connectivity index is 1.53. The van der Waals surface area contributed by atoms with Crippen LogP contribution in [0.2, 0.25) is 0 Å². The molecule has 4 aromatic rings. The molecular weight excluding hydrogens is 544 g/mol. The molecule has 0 saturated heterocycles. The van der Waals surface area contributed by atoms with Crippen molar-refractivity contribution in [1.29, 1.82) is 0 Å². The van der Waals surface area contributed by atoms with Gasteiger partial charge in [0, 0.05) is 18.0 Å². The van der Waals surface area contributed by atoms with Gasteiger partial charge >= 0.3 is 0 Å². The minimum atomic E-state index is -0.490. The van der Waals surface area contributed by atoms with Crippen molar-refractivity contribution in [2.75, 3.05) is 14.1 Å². The summed E-state index contributed by atoms with van der Waals surface area (Å²) < 4.78 is 1.28. The Kier molecular flexibility index (Phi) is 8.45. The average Bonchev–Trinajstić information content (AvgIpc) is 3.51. The minimum absolute atomic E-state index is 0.0491. The molecule has 1 saturated carbocycles. The summed E-state index contributed by atoms with van der Waals surface area (Å²) in [4.78, 5) is 15.8. The number of pyridine rings is 1. The fourth-order valence-corrected chi connectivity index (χ4v) is 5.89. The molecule has 2 atom stereocenters. The number of phenolic OH excluding ortho intramolecular Hbond substituents is 1. The Morgan fingerprint density at radius 1 is 1.05 bits per heavy atom. The summed E-state index contributed by atoms with van der Waals surface area (Å²) >= 11 is 0. The number of aromatic amines is 1. The molecule has 1 aliphatic rings. The highest BCUT2D eigenvalue weighted by Crippen LogP contribution is 2.45. The molecule has 2 aromatic carbocycles. The third-order valence-electron chi connectivity index (χ3n) is 8.31. The van der Waals surface area contributed by atoms with Crippen LogP contribution in [0.3, 0.4) is 0 Å². The number of benzene rings is 2. The van der Waals surface area contributed by atoms with Crippen LogP contribution in [-0.4, -0.2) is 54.4 Å². The summed E-state index contributed by atoms with van der Waals surface area (Å²) in [5.74, 6) is 0.876. The molecule has 2 heterocycles. The smallest absolute Gasteiger partial charge is 0.285 e. The molecule has 226 valence electrons. The van der Waals surface area contributed by atoms with Crippen LogP contribution in [0.25, 0.3) is 5.69 Å². The number of aromatic hydroxyl groups is 2. The van der Waals surface area contributed by atoms with Crippen LogP contribution in [0, 0.1) is 6.92 Å². The Bertz CT molecular complexity index is 1670. The summed E-state index contributed by atoms with van der Waals surface area (Å²) in [6.07, 6.45) is 3.66. The second-order valence-corrected chi connectivity index (χ2v) is 12.7. The van der Waals surface area contributed by atoms with Crippen molar-refractivity contribution in [3.8, 4) is 17.3 Å². The first kappa shape index (κ1) is 30.1. The predicted molar refractivity (Wildman–Crippen MR) is 165 cm³/mol. The number of hydrogen-bond donors (Lipinski definition) is 3. The van der Waals surface area contributed by atoms with Gasteiger partial charge in [0.05, 0.1) is 5.69 Å². The van der Waals surface area contributed by atoms with Crippen molar-refractivity contribution in [3.05, 3.63) is 80.9 Å². The lowest BCUT2D eigenvalue weighted by atomic mass is 9.77. The van der Waals surface area contributed by atoms with E-state index in [1.165, 1.54) is 4.57 Å². The predicted octanol–water partition coefficient (Wildman–Crippen LogP) is 6.29. The van der Waals surface area contributed by atoms with Gasteiger partial charge in [-0.25, -0.2) is 4.57 Å². The van der Waals surface area contributed by atoms with Gasteiger partial charge in [-0.1, -0.05) is 56.7 Å². The molecule has 3 N–H and O–H groups in total. The molecule has 43 heavy (non-hydrogen) atoms. The van der Waals surface area contributed by atoms with E-state index in [1.807, 2.05) is 55.4 Å². The third kappa shape index (κ3) is 6.22. The summed E-state index contributed by atoms with van der Waals surface area (Å²) in [5, 5.41) is 45.9. The number of rotatable bonds is 7. The molecule has 0 bridgehead atoms. The lowest BCUT2D eigenvalue weighted by Crippen LogP contribution is -2.23. The van der Waals surface area contributed by atoms with Crippen LogP contribution in [0.1, 0.15) is 86.4 Å². The normalized spacial score (nSPS) is 17.7. The Hall–Kier alpha value is -4.38. The number of azo groups is 1. The molecule has 2 aromatic heterocycles. The van der Waals surface area contributed by atoms with E-state index in [-0.39, 0.29) is 40.3 Å². The quantitative estimate of drug-likeness (QED) is 0.217. The van der Waals surface area contributed by atoms with Gasteiger partial charge in [-0.05, 0) is 86.5 Å². The third-order valence-corrected chi connectivity index (χ3v) is 8.31. The van der Waals surface area contributed by atoms with Gasteiger partial charge in [0.2, 0.25) is 5.88 Å². The van der Waals surface area contributed by atoms with Crippen molar-refractivity contribution < 1.29 is 10.2 Å². The van der Waals surface area contributed by atoms with E-state index in [4.69, 9.17) is 0 Å². The molecule has 11 heteroatoms. The van der Waals surface area contributed by atoms with E-state index >= 15 is 0 Å². The fourth-order valence-electron chi connectivity index (χ4n) is 5.89. The Morgan fingerprint density at radius 3 is 2.42 bits per heavy atom. The lowest BCUT2D eigenvalue weighted by Gasteiger charge is -2.28. The molecule has 11 nitrogen and oxygen atoms in total. The monoisotopic (exact) mass is 584 g/mol. The van der Waals surface area contributed by atoms with Crippen molar-refractivity contribution in [1.82, 2.24) is 30.1 Å². The zero-order chi connectivity index (χ0) is 30.9. The first-order valence-electron chi connectivity index (χ1n) is 14.7. The zero-order valence-corrected chi connectivity index (χ0v) is 25.7. The highest BCUT2D eigenvalue weighted by atomic mass is 16.3. The van der Waals surface area contributed by atoms with Gasteiger partial charge in [-0.2, -0.15) is 5.21 Å². The number of nitrogens with one attached hydrogen (secondary N) is 1. The van der Waals surface area contributed by atoms with Gasteiger partial charge in [-0.15, -0.1) is 20.4 Å². The Labute approximate surface area is 251 Å². The molecular formula is C32H40N8O3. The molecule has 0 spiro atoms. The summed E-state index contributed by atoms with van der Waals surface area (Å²) in [6, 6.07) is 13.0. The van der Waals surface area contributed by atoms with E-state index in [2.05, 4.69) is 51.6 Å². The highest BCUT2D eigenvalue weighted by Gasteiger charge is 2.29. The summed E-state index contributed by atoms with van der Waals surface area (Å²) in [7, 11) is 3.79. The molecule has 1 fully saturated rings. The minimum Gasteiger partial charge on any atom is -0.505 e. The first-order valence-corrected chi connectivity index (χ1v) is 14.7. The summed E-state index contributed by atoms with van der Waals surface area (Å²) in [5.41, 5.74) is 3.38. The number of aromatic nitrogens is 5. The zero-order valence-electron chi connectivity index (χ0n) is 25.7. The number of tetrazole rings is 1. The van der Waals surface area contributed by atoms with E-state index in [1.54, 1.807) is 13.0 Å².